The van der Waals surface area contributed by atoms with E-state index in [2.05, 4.69) is 63.3 Å². The van der Waals surface area contributed by atoms with Crippen LogP contribution < -0.4 is 10.1 Å². The lowest BCUT2D eigenvalue weighted by molar-refractivity contribution is 0.0889. The summed E-state index contributed by atoms with van der Waals surface area (Å²) in [7, 11) is 6.12. The first-order valence-corrected chi connectivity index (χ1v) is 8.07. The molecular formula is C18H32N2O. The normalized spacial score (nSPS) is 13.5. The van der Waals surface area contributed by atoms with Crippen molar-refractivity contribution in [2.45, 2.75) is 51.6 Å². The van der Waals surface area contributed by atoms with Crippen LogP contribution in [0.5, 0.6) is 5.75 Å². The highest BCUT2D eigenvalue weighted by molar-refractivity contribution is 5.29. The van der Waals surface area contributed by atoms with Crippen molar-refractivity contribution in [1.29, 1.82) is 0 Å². The highest BCUT2D eigenvalue weighted by Gasteiger charge is 2.37. The molecular weight excluding hydrogens is 260 g/mol. The topological polar surface area (TPSA) is 24.5 Å². The fourth-order valence-electron chi connectivity index (χ4n) is 3.42. The van der Waals surface area contributed by atoms with Crippen LogP contribution in [-0.4, -0.2) is 44.2 Å². The van der Waals surface area contributed by atoms with Crippen molar-refractivity contribution in [3.05, 3.63) is 29.8 Å². The third-order valence-electron chi connectivity index (χ3n) is 4.79. The van der Waals surface area contributed by atoms with E-state index in [1.807, 2.05) is 6.07 Å². The second kappa shape index (κ2) is 8.40. The van der Waals surface area contributed by atoms with Gasteiger partial charge in [-0.1, -0.05) is 32.9 Å². The lowest BCUT2D eigenvalue weighted by Crippen LogP contribution is -2.59. The van der Waals surface area contributed by atoms with E-state index in [4.69, 9.17) is 4.74 Å². The van der Waals surface area contributed by atoms with Gasteiger partial charge in [0, 0.05) is 11.6 Å². The molecule has 1 N–H and O–H groups in total. The maximum Gasteiger partial charge on any atom is 0.119 e. The van der Waals surface area contributed by atoms with Crippen LogP contribution >= 0.6 is 0 Å². The molecule has 0 spiro atoms. The van der Waals surface area contributed by atoms with Gasteiger partial charge < -0.3 is 15.0 Å². The number of likely N-dealkylation sites (N-methyl/N-ethyl adjacent to an activating group) is 2. The minimum absolute atomic E-state index is 0.180. The number of hydrogen-bond donors (Lipinski definition) is 1. The Labute approximate surface area is 130 Å². The average Bonchev–Trinajstić information content (AvgIpc) is 2.49. The van der Waals surface area contributed by atoms with Crippen LogP contribution in [0.4, 0.5) is 0 Å². The van der Waals surface area contributed by atoms with Gasteiger partial charge in [-0.3, -0.25) is 0 Å². The van der Waals surface area contributed by atoms with Crippen molar-refractivity contribution in [2.75, 3.05) is 27.7 Å². The van der Waals surface area contributed by atoms with Gasteiger partial charge in [-0.05, 0) is 57.6 Å². The fraction of sp³-hybridized carbons (Fsp3) is 0.667. The van der Waals surface area contributed by atoms with Crippen molar-refractivity contribution in [3.8, 4) is 5.75 Å². The first kappa shape index (κ1) is 18.0. The van der Waals surface area contributed by atoms with Gasteiger partial charge in [0.1, 0.15) is 5.75 Å². The summed E-state index contributed by atoms with van der Waals surface area (Å²) in [4.78, 5) is 2.39. The predicted octanol–water partition coefficient (Wildman–Crippen LogP) is 3.34. The van der Waals surface area contributed by atoms with E-state index in [0.29, 0.717) is 6.04 Å². The Kier molecular flexibility index (Phi) is 7.20. The van der Waals surface area contributed by atoms with Crippen molar-refractivity contribution in [1.82, 2.24) is 10.2 Å². The van der Waals surface area contributed by atoms with Crippen LogP contribution in [0.25, 0.3) is 0 Å². The Bertz CT molecular complexity index is 413. The average molecular weight is 292 g/mol. The number of rotatable bonds is 9. The van der Waals surface area contributed by atoms with Crippen molar-refractivity contribution < 1.29 is 4.74 Å². The maximum absolute atomic E-state index is 5.35. The third kappa shape index (κ3) is 4.21. The summed E-state index contributed by atoms with van der Waals surface area (Å²) >= 11 is 0. The number of nitrogens with zero attached hydrogens (tertiary/aromatic N) is 1. The van der Waals surface area contributed by atoms with Crippen LogP contribution in [0.3, 0.4) is 0 Å². The van der Waals surface area contributed by atoms with Crippen LogP contribution in [0, 0.1) is 0 Å². The first-order valence-electron chi connectivity index (χ1n) is 8.07. The van der Waals surface area contributed by atoms with Crippen molar-refractivity contribution in [3.63, 3.8) is 0 Å². The van der Waals surface area contributed by atoms with Crippen molar-refractivity contribution >= 4 is 0 Å². The zero-order valence-electron chi connectivity index (χ0n) is 14.6. The molecule has 3 nitrogen and oxygen atoms in total. The summed E-state index contributed by atoms with van der Waals surface area (Å²) in [6.45, 7) is 7.76. The highest BCUT2D eigenvalue weighted by atomic mass is 16.5. The Morgan fingerprint density at radius 3 is 2.33 bits per heavy atom. The lowest BCUT2D eigenvalue weighted by atomic mass is 9.80. The highest BCUT2D eigenvalue weighted by Crippen LogP contribution is 2.28. The SMILES string of the molecule is CCNC(Cc1cccc(OC)c1)C(CC)(CC)N(C)C. The van der Waals surface area contributed by atoms with Gasteiger partial charge in [0.05, 0.1) is 7.11 Å². The lowest BCUT2D eigenvalue weighted by Gasteiger charge is -2.45. The summed E-state index contributed by atoms with van der Waals surface area (Å²) in [5.41, 5.74) is 1.51. The van der Waals surface area contributed by atoms with Crippen molar-refractivity contribution in [2.24, 2.45) is 0 Å². The molecule has 1 aromatic carbocycles. The Morgan fingerprint density at radius 1 is 1.19 bits per heavy atom. The zero-order chi connectivity index (χ0) is 15.9. The zero-order valence-corrected chi connectivity index (χ0v) is 14.6. The molecule has 0 saturated heterocycles. The van der Waals surface area contributed by atoms with Gasteiger partial charge in [0.2, 0.25) is 0 Å². The summed E-state index contributed by atoms with van der Waals surface area (Å²) in [6.07, 6.45) is 3.29. The molecule has 0 aromatic heterocycles. The van der Waals surface area contributed by atoms with E-state index in [1.54, 1.807) is 7.11 Å². The number of nitrogens with one attached hydrogen (secondary N) is 1. The van der Waals surface area contributed by atoms with Gasteiger partial charge in [-0.2, -0.15) is 0 Å². The van der Waals surface area contributed by atoms with E-state index in [9.17, 15) is 0 Å². The molecule has 0 aliphatic rings. The molecule has 0 heterocycles. The maximum atomic E-state index is 5.35. The Hall–Kier alpha value is -1.06. The van der Waals surface area contributed by atoms with E-state index in [0.717, 1.165) is 31.6 Å². The molecule has 0 aliphatic heterocycles. The Morgan fingerprint density at radius 2 is 1.86 bits per heavy atom. The van der Waals surface area contributed by atoms with Crippen LogP contribution in [0.1, 0.15) is 39.2 Å². The second-order valence-corrected chi connectivity index (χ2v) is 5.87. The molecule has 0 radical (unpaired) electrons. The molecule has 3 heteroatoms. The largest absolute Gasteiger partial charge is 0.497 e. The molecule has 1 aromatic rings. The van der Waals surface area contributed by atoms with Crippen LogP contribution in [0.2, 0.25) is 0 Å². The molecule has 1 rings (SSSR count). The van der Waals surface area contributed by atoms with Gasteiger partial charge in [0.25, 0.3) is 0 Å². The number of ether oxygens (including phenoxy) is 1. The minimum atomic E-state index is 0.180. The van der Waals surface area contributed by atoms with Gasteiger partial charge >= 0.3 is 0 Å². The molecule has 1 atom stereocenters. The molecule has 0 aliphatic carbocycles. The monoisotopic (exact) mass is 292 g/mol. The number of hydrogen-bond acceptors (Lipinski definition) is 3. The second-order valence-electron chi connectivity index (χ2n) is 5.87. The van der Waals surface area contributed by atoms with E-state index in [-0.39, 0.29) is 5.54 Å². The van der Waals surface area contributed by atoms with Gasteiger partial charge in [0.15, 0.2) is 0 Å². The molecule has 0 saturated carbocycles. The van der Waals surface area contributed by atoms with E-state index < -0.39 is 0 Å². The molecule has 1 unspecified atom stereocenters. The summed E-state index contributed by atoms with van der Waals surface area (Å²) in [6, 6.07) is 8.85. The smallest absolute Gasteiger partial charge is 0.119 e. The fourth-order valence-corrected chi connectivity index (χ4v) is 3.42. The minimum Gasteiger partial charge on any atom is -0.497 e. The predicted molar refractivity (Wildman–Crippen MR) is 91.2 cm³/mol. The number of benzene rings is 1. The standard InChI is InChI=1S/C18H32N2O/c1-7-18(8-2,20(4)5)17(19-9-3)14-15-11-10-12-16(13-15)21-6/h10-13,17,19H,7-9,14H2,1-6H3. The molecule has 0 amide bonds. The molecule has 0 bridgehead atoms. The summed E-state index contributed by atoms with van der Waals surface area (Å²) in [5, 5.41) is 3.71. The quantitative estimate of drug-likeness (QED) is 0.755. The first-order chi connectivity index (χ1) is 10.0. The number of methoxy groups -OCH3 is 1. The van der Waals surface area contributed by atoms with Crippen LogP contribution in [-0.2, 0) is 6.42 Å². The van der Waals surface area contributed by atoms with Gasteiger partial charge in [-0.25, -0.2) is 0 Å². The Balaban J connectivity index is 3.04. The molecule has 120 valence electrons. The summed E-state index contributed by atoms with van der Waals surface area (Å²) in [5.74, 6) is 0.936. The molecule has 21 heavy (non-hydrogen) atoms. The van der Waals surface area contributed by atoms with E-state index in [1.165, 1.54) is 5.56 Å². The third-order valence-corrected chi connectivity index (χ3v) is 4.79. The summed E-state index contributed by atoms with van der Waals surface area (Å²) < 4.78 is 5.35. The van der Waals surface area contributed by atoms with Crippen LogP contribution in [0.15, 0.2) is 24.3 Å². The van der Waals surface area contributed by atoms with Gasteiger partial charge in [-0.15, -0.1) is 0 Å². The molecule has 0 fully saturated rings. The van der Waals surface area contributed by atoms with E-state index >= 15 is 0 Å².